The molecule has 0 bridgehead atoms. The van der Waals surface area contributed by atoms with Crippen LogP contribution in [-0.4, -0.2) is 20.7 Å². The quantitative estimate of drug-likeness (QED) is 0.476. The Morgan fingerprint density at radius 2 is 1.90 bits per heavy atom. The summed E-state index contributed by atoms with van der Waals surface area (Å²) in [5.74, 6) is -0.746. The number of hydrogen-bond acceptors (Lipinski definition) is 4. The molecule has 1 N–H and O–H groups in total. The highest BCUT2D eigenvalue weighted by Gasteiger charge is 2.13. The van der Waals surface area contributed by atoms with Crippen LogP contribution in [0.1, 0.15) is 24.2 Å². The second kappa shape index (κ2) is 9.25. The van der Waals surface area contributed by atoms with Crippen molar-refractivity contribution in [3.63, 3.8) is 0 Å². The summed E-state index contributed by atoms with van der Waals surface area (Å²) in [7, 11) is 1.88. The minimum atomic E-state index is -0.567. The number of rotatable bonds is 4. The van der Waals surface area contributed by atoms with Gasteiger partial charge in [0.1, 0.15) is 17.3 Å². The van der Waals surface area contributed by atoms with Crippen LogP contribution in [0.15, 0.2) is 66.2 Å². The maximum absolute atomic E-state index is 13.7. The van der Waals surface area contributed by atoms with Gasteiger partial charge >= 0.3 is 0 Å². The third-order valence-electron chi connectivity index (χ3n) is 4.07. The topological polar surface area (TPSA) is 59.8 Å². The summed E-state index contributed by atoms with van der Waals surface area (Å²) < 4.78 is 15.5. The molecule has 0 saturated heterocycles. The van der Waals surface area contributed by atoms with E-state index in [0.29, 0.717) is 5.82 Å². The van der Waals surface area contributed by atoms with Gasteiger partial charge in [-0.2, -0.15) is 5.10 Å². The zero-order chi connectivity index (χ0) is 20.8. The second-order valence-electron chi connectivity index (χ2n) is 5.88. The van der Waals surface area contributed by atoms with Gasteiger partial charge in [-0.05, 0) is 41.8 Å². The molecule has 0 aliphatic heterocycles. The minimum Gasteiger partial charge on any atom is -0.306 e. The van der Waals surface area contributed by atoms with E-state index in [1.165, 1.54) is 18.2 Å². The summed E-state index contributed by atoms with van der Waals surface area (Å²) in [6, 6.07) is 15.4. The zero-order valence-corrected chi connectivity index (χ0v) is 17.2. The largest absolute Gasteiger partial charge is 0.306 e. The Balaban J connectivity index is 0.00000117. The molecule has 4 aromatic rings. The lowest BCUT2D eigenvalue weighted by molar-refractivity contribution is 0.102. The minimum absolute atomic E-state index is 0.0180. The fraction of sp³-hybridized carbons (Fsp3) is 0.136. The number of amides is 1. The molecule has 4 rings (SSSR count). The molecule has 5 nitrogen and oxygen atoms in total. The summed E-state index contributed by atoms with van der Waals surface area (Å²) in [6.07, 6.45) is 1.66. The van der Waals surface area contributed by atoms with E-state index in [-0.39, 0.29) is 5.56 Å². The van der Waals surface area contributed by atoms with E-state index in [1.807, 2.05) is 50.5 Å². The lowest BCUT2D eigenvalue weighted by Gasteiger charge is -2.06. The Labute approximate surface area is 172 Å². The first-order valence-corrected chi connectivity index (χ1v) is 10.1. The summed E-state index contributed by atoms with van der Waals surface area (Å²) in [5, 5.41) is 9.16. The first-order valence-electron chi connectivity index (χ1n) is 9.22. The number of hydrogen-bond donors (Lipinski definition) is 1. The zero-order valence-electron chi connectivity index (χ0n) is 16.4. The predicted octanol–water partition coefficient (Wildman–Crippen LogP) is 5.63. The van der Waals surface area contributed by atoms with Crippen LogP contribution in [0.4, 0.5) is 10.2 Å². The predicted molar refractivity (Wildman–Crippen MR) is 115 cm³/mol. The van der Waals surface area contributed by atoms with Crippen molar-refractivity contribution < 1.29 is 9.18 Å². The monoisotopic (exact) mass is 408 g/mol. The first-order chi connectivity index (χ1) is 14.1. The molecule has 3 aromatic heterocycles. The summed E-state index contributed by atoms with van der Waals surface area (Å²) >= 11 is 1.63. The molecular weight excluding hydrogens is 387 g/mol. The van der Waals surface area contributed by atoms with Gasteiger partial charge in [0, 0.05) is 18.8 Å². The van der Waals surface area contributed by atoms with E-state index in [1.54, 1.807) is 34.3 Å². The fourth-order valence-electron chi connectivity index (χ4n) is 2.73. The van der Waals surface area contributed by atoms with Crippen molar-refractivity contribution >= 4 is 23.1 Å². The lowest BCUT2D eigenvalue weighted by atomic mass is 10.2. The highest BCUT2D eigenvalue weighted by atomic mass is 32.1. The number of anilines is 1. The van der Waals surface area contributed by atoms with Gasteiger partial charge < -0.3 is 5.32 Å². The van der Waals surface area contributed by atoms with Gasteiger partial charge in [-0.1, -0.05) is 32.0 Å². The van der Waals surface area contributed by atoms with Gasteiger partial charge in [0.05, 0.1) is 16.1 Å². The average Bonchev–Trinajstić information content (AvgIpc) is 3.40. The maximum atomic E-state index is 13.7. The van der Waals surface area contributed by atoms with Crippen molar-refractivity contribution in [1.82, 2.24) is 14.8 Å². The van der Waals surface area contributed by atoms with Gasteiger partial charge in [-0.15, -0.1) is 11.3 Å². The van der Waals surface area contributed by atoms with Crippen molar-refractivity contribution in [3.8, 4) is 21.8 Å². The SMILES string of the molecule is CC.Cn1nc(-c2cccs2)cc1-c1ccc(NC(=O)c2ccccc2F)nc1. The van der Waals surface area contributed by atoms with Gasteiger partial charge in [-0.3, -0.25) is 9.48 Å². The maximum Gasteiger partial charge on any atom is 0.259 e. The fourth-order valence-corrected chi connectivity index (χ4v) is 3.41. The van der Waals surface area contributed by atoms with E-state index in [4.69, 9.17) is 0 Å². The number of nitrogens with one attached hydrogen (secondary N) is 1. The molecule has 0 aliphatic carbocycles. The van der Waals surface area contributed by atoms with E-state index in [2.05, 4.69) is 15.4 Å². The Morgan fingerprint density at radius 3 is 2.55 bits per heavy atom. The van der Waals surface area contributed by atoms with Crippen LogP contribution < -0.4 is 5.32 Å². The molecule has 1 aromatic carbocycles. The van der Waals surface area contributed by atoms with Gasteiger partial charge in [0.15, 0.2) is 0 Å². The first kappa shape index (κ1) is 20.4. The van der Waals surface area contributed by atoms with Gasteiger partial charge in [-0.25, -0.2) is 9.37 Å². The van der Waals surface area contributed by atoms with Crippen molar-refractivity contribution in [1.29, 1.82) is 0 Å². The van der Waals surface area contributed by atoms with Crippen LogP contribution in [0.3, 0.4) is 0 Å². The molecular formula is C22H21FN4OS. The molecule has 29 heavy (non-hydrogen) atoms. The van der Waals surface area contributed by atoms with Crippen LogP contribution in [0.2, 0.25) is 0 Å². The van der Waals surface area contributed by atoms with E-state index >= 15 is 0 Å². The van der Waals surface area contributed by atoms with Crippen molar-refractivity contribution in [2.24, 2.45) is 7.05 Å². The van der Waals surface area contributed by atoms with Crippen molar-refractivity contribution in [2.45, 2.75) is 13.8 Å². The van der Waals surface area contributed by atoms with Crippen LogP contribution >= 0.6 is 11.3 Å². The average molecular weight is 409 g/mol. The Hall–Kier alpha value is -3.32. The highest BCUT2D eigenvalue weighted by molar-refractivity contribution is 7.13. The summed E-state index contributed by atoms with van der Waals surface area (Å²) in [6.45, 7) is 4.00. The van der Waals surface area contributed by atoms with Gasteiger partial charge in [0.2, 0.25) is 0 Å². The Morgan fingerprint density at radius 1 is 1.10 bits per heavy atom. The lowest BCUT2D eigenvalue weighted by Crippen LogP contribution is -2.14. The molecule has 0 spiro atoms. The van der Waals surface area contributed by atoms with E-state index in [9.17, 15) is 9.18 Å². The smallest absolute Gasteiger partial charge is 0.259 e. The Bertz CT molecular complexity index is 1090. The summed E-state index contributed by atoms with van der Waals surface area (Å²) in [4.78, 5) is 17.5. The molecule has 0 unspecified atom stereocenters. The molecule has 0 atom stereocenters. The molecule has 0 fully saturated rings. The number of aromatic nitrogens is 3. The third-order valence-corrected chi connectivity index (χ3v) is 4.97. The van der Waals surface area contributed by atoms with Crippen LogP contribution in [-0.2, 0) is 7.05 Å². The number of halogens is 1. The van der Waals surface area contributed by atoms with Crippen LogP contribution in [0.25, 0.3) is 21.8 Å². The van der Waals surface area contributed by atoms with Crippen molar-refractivity contribution in [3.05, 3.63) is 77.6 Å². The second-order valence-corrected chi connectivity index (χ2v) is 6.83. The van der Waals surface area contributed by atoms with E-state index < -0.39 is 11.7 Å². The standard InChI is InChI=1S/C20H15FN4OS.C2H6/c1-25-17(11-16(24-25)18-7-4-10-27-18)13-8-9-19(22-12-13)23-20(26)14-5-2-3-6-15(14)21;1-2/h2-12H,1H3,(H,22,23,26);1-2H3. The van der Waals surface area contributed by atoms with Crippen molar-refractivity contribution in [2.75, 3.05) is 5.32 Å². The molecule has 3 heterocycles. The summed E-state index contributed by atoms with van der Waals surface area (Å²) in [5.41, 5.74) is 2.67. The third kappa shape index (κ3) is 4.57. The normalized spacial score (nSPS) is 10.2. The number of aryl methyl sites for hydroxylation is 1. The van der Waals surface area contributed by atoms with Crippen LogP contribution in [0.5, 0.6) is 0 Å². The number of benzene rings is 1. The number of thiophene rings is 1. The molecule has 0 radical (unpaired) electrons. The Kier molecular flexibility index (Phi) is 6.51. The molecule has 0 aliphatic rings. The number of carbonyl (C=O) groups is 1. The van der Waals surface area contributed by atoms with Gasteiger partial charge in [0.25, 0.3) is 5.91 Å². The number of nitrogens with zero attached hydrogens (tertiary/aromatic N) is 3. The van der Waals surface area contributed by atoms with E-state index in [0.717, 1.165) is 21.8 Å². The van der Waals surface area contributed by atoms with Crippen LogP contribution in [0, 0.1) is 5.82 Å². The molecule has 148 valence electrons. The highest BCUT2D eigenvalue weighted by Crippen LogP contribution is 2.28. The molecule has 7 heteroatoms. The molecule has 1 amide bonds. The number of pyridine rings is 1. The molecule has 0 saturated carbocycles. The number of carbonyl (C=O) groups excluding carboxylic acids is 1.